The van der Waals surface area contributed by atoms with E-state index in [1.807, 2.05) is 30.3 Å². The van der Waals surface area contributed by atoms with E-state index in [0.29, 0.717) is 5.75 Å². The Hall–Kier alpha value is -2.79. The van der Waals surface area contributed by atoms with E-state index in [4.69, 9.17) is 0 Å². The highest BCUT2D eigenvalue weighted by molar-refractivity contribution is 8.00. The van der Waals surface area contributed by atoms with E-state index in [0.717, 1.165) is 27.5 Å². The quantitative estimate of drug-likeness (QED) is 0.386. The van der Waals surface area contributed by atoms with Crippen molar-refractivity contribution < 1.29 is 4.79 Å². The van der Waals surface area contributed by atoms with Crippen LogP contribution < -0.4 is 5.43 Å². The fourth-order valence-corrected chi connectivity index (χ4v) is 3.59. The lowest BCUT2D eigenvalue weighted by Crippen LogP contribution is -2.19. The van der Waals surface area contributed by atoms with Gasteiger partial charge >= 0.3 is 0 Å². The van der Waals surface area contributed by atoms with E-state index >= 15 is 0 Å². The van der Waals surface area contributed by atoms with Gasteiger partial charge in [-0.25, -0.2) is 5.43 Å². The number of hydrazone groups is 1. The number of hydrogen-bond acceptors (Lipinski definition) is 3. The summed E-state index contributed by atoms with van der Waals surface area (Å²) < 4.78 is 2.19. The Bertz CT molecular complexity index is 944. The second-order valence-corrected chi connectivity index (χ2v) is 7.44. The van der Waals surface area contributed by atoms with Crippen LogP contribution >= 0.6 is 11.8 Å². The molecule has 0 fully saturated rings. The van der Waals surface area contributed by atoms with E-state index in [1.165, 1.54) is 17.3 Å². The second kappa shape index (κ2) is 8.73. The van der Waals surface area contributed by atoms with Gasteiger partial charge in [-0.2, -0.15) is 5.10 Å². The zero-order chi connectivity index (χ0) is 19.2. The average Bonchev–Trinajstić information content (AvgIpc) is 2.95. The Kier molecular flexibility index (Phi) is 6.14. The number of hydrogen-bond donors (Lipinski definition) is 1. The topological polar surface area (TPSA) is 46.4 Å². The van der Waals surface area contributed by atoms with E-state index in [-0.39, 0.29) is 5.91 Å². The fraction of sp³-hybridized carbons (Fsp3) is 0.182. The maximum atomic E-state index is 12.0. The van der Waals surface area contributed by atoms with Gasteiger partial charge < -0.3 is 4.57 Å². The highest BCUT2D eigenvalue weighted by atomic mass is 32.2. The van der Waals surface area contributed by atoms with Crippen molar-refractivity contribution in [3.05, 3.63) is 83.2 Å². The molecule has 0 spiro atoms. The van der Waals surface area contributed by atoms with Crippen molar-refractivity contribution in [1.82, 2.24) is 9.99 Å². The van der Waals surface area contributed by atoms with Gasteiger partial charge in [-0.3, -0.25) is 4.79 Å². The van der Waals surface area contributed by atoms with E-state index < -0.39 is 0 Å². The SMILES string of the molecule is Cc1ccc(-n2c(C)cc(/C=N\NC(=O)CSc3ccccc3)c2C)cc1. The van der Waals surface area contributed by atoms with Gasteiger partial charge in [-0.1, -0.05) is 35.9 Å². The maximum Gasteiger partial charge on any atom is 0.250 e. The van der Waals surface area contributed by atoms with Gasteiger partial charge in [-0.05, 0) is 51.1 Å². The van der Waals surface area contributed by atoms with Gasteiger partial charge in [0, 0.05) is 27.5 Å². The van der Waals surface area contributed by atoms with Crippen LogP contribution in [0.1, 0.15) is 22.5 Å². The average molecular weight is 378 g/mol. The van der Waals surface area contributed by atoms with Gasteiger partial charge in [0.15, 0.2) is 0 Å². The minimum absolute atomic E-state index is 0.118. The first-order valence-electron chi connectivity index (χ1n) is 8.80. The van der Waals surface area contributed by atoms with Crippen molar-refractivity contribution in [2.45, 2.75) is 25.7 Å². The number of rotatable bonds is 6. The van der Waals surface area contributed by atoms with Crippen LogP contribution in [0.25, 0.3) is 5.69 Å². The molecule has 0 saturated heterocycles. The number of carbonyl (C=O) groups excluding carboxylic acids is 1. The lowest BCUT2D eigenvalue weighted by molar-refractivity contribution is -0.118. The first kappa shape index (κ1) is 19.0. The summed E-state index contributed by atoms with van der Waals surface area (Å²) in [5.74, 6) is 0.219. The van der Waals surface area contributed by atoms with Crippen LogP contribution in [0.2, 0.25) is 0 Å². The van der Waals surface area contributed by atoms with E-state index in [9.17, 15) is 4.79 Å². The van der Waals surface area contributed by atoms with Crippen molar-refractivity contribution in [3.8, 4) is 5.69 Å². The Balaban J connectivity index is 1.63. The Morgan fingerprint density at radius 1 is 1.07 bits per heavy atom. The zero-order valence-electron chi connectivity index (χ0n) is 15.8. The molecule has 0 aliphatic heterocycles. The Labute approximate surface area is 164 Å². The highest BCUT2D eigenvalue weighted by Gasteiger charge is 2.09. The zero-order valence-corrected chi connectivity index (χ0v) is 16.6. The van der Waals surface area contributed by atoms with Gasteiger partial charge in [0.25, 0.3) is 0 Å². The van der Waals surface area contributed by atoms with Crippen LogP contribution in [-0.2, 0) is 4.79 Å². The summed E-state index contributed by atoms with van der Waals surface area (Å²) in [5, 5.41) is 4.13. The van der Waals surface area contributed by atoms with E-state index in [2.05, 4.69) is 66.2 Å². The smallest absolute Gasteiger partial charge is 0.250 e. The number of nitrogens with one attached hydrogen (secondary N) is 1. The molecule has 0 aliphatic rings. The first-order chi connectivity index (χ1) is 13.0. The van der Waals surface area contributed by atoms with Crippen molar-refractivity contribution in [2.75, 3.05) is 5.75 Å². The fourth-order valence-electron chi connectivity index (χ4n) is 2.88. The number of aryl methyl sites for hydroxylation is 2. The highest BCUT2D eigenvalue weighted by Crippen LogP contribution is 2.20. The number of amides is 1. The van der Waals surface area contributed by atoms with Crippen molar-refractivity contribution in [3.63, 3.8) is 0 Å². The standard InChI is InChI=1S/C22H23N3OS/c1-16-9-11-20(12-10-16)25-17(2)13-19(18(25)3)14-23-24-22(26)15-27-21-7-5-4-6-8-21/h4-14H,15H2,1-3H3,(H,24,26)/b23-14-. The molecule has 3 rings (SSSR count). The molecule has 27 heavy (non-hydrogen) atoms. The summed E-state index contributed by atoms with van der Waals surface area (Å²) in [6, 6.07) is 20.4. The molecule has 1 aromatic heterocycles. The molecule has 0 saturated carbocycles. The van der Waals surface area contributed by atoms with Gasteiger partial charge in [0.2, 0.25) is 5.91 Å². The summed E-state index contributed by atoms with van der Waals surface area (Å²) in [7, 11) is 0. The number of aromatic nitrogens is 1. The lowest BCUT2D eigenvalue weighted by Gasteiger charge is -2.09. The second-order valence-electron chi connectivity index (χ2n) is 6.39. The Morgan fingerprint density at radius 2 is 1.78 bits per heavy atom. The minimum Gasteiger partial charge on any atom is -0.318 e. The predicted molar refractivity (Wildman–Crippen MR) is 113 cm³/mol. The molecule has 2 aromatic carbocycles. The summed E-state index contributed by atoms with van der Waals surface area (Å²) >= 11 is 1.49. The van der Waals surface area contributed by atoms with Crippen LogP contribution in [-0.4, -0.2) is 22.4 Å². The van der Waals surface area contributed by atoms with Crippen molar-refractivity contribution in [2.24, 2.45) is 5.10 Å². The van der Waals surface area contributed by atoms with Crippen LogP contribution in [0, 0.1) is 20.8 Å². The molecule has 3 aromatic rings. The van der Waals surface area contributed by atoms with Crippen molar-refractivity contribution in [1.29, 1.82) is 0 Å². The monoisotopic (exact) mass is 377 g/mol. The van der Waals surface area contributed by atoms with Crippen LogP contribution in [0.5, 0.6) is 0 Å². The third-order valence-electron chi connectivity index (χ3n) is 4.27. The molecule has 0 unspecified atom stereocenters. The van der Waals surface area contributed by atoms with Crippen molar-refractivity contribution >= 4 is 23.9 Å². The number of benzene rings is 2. The largest absolute Gasteiger partial charge is 0.318 e. The maximum absolute atomic E-state index is 12.0. The van der Waals surface area contributed by atoms with E-state index in [1.54, 1.807) is 6.21 Å². The molecule has 4 nitrogen and oxygen atoms in total. The Morgan fingerprint density at radius 3 is 2.48 bits per heavy atom. The molecule has 138 valence electrons. The number of carbonyl (C=O) groups is 1. The molecule has 0 atom stereocenters. The summed E-state index contributed by atoms with van der Waals surface area (Å²) in [6.45, 7) is 6.20. The molecule has 1 heterocycles. The summed E-state index contributed by atoms with van der Waals surface area (Å²) in [4.78, 5) is 13.0. The molecular formula is C22H23N3OS. The van der Waals surface area contributed by atoms with Crippen LogP contribution in [0.3, 0.4) is 0 Å². The molecule has 5 heteroatoms. The number of nitrogens with zero attached hydrogens (tertiary/aromatic N) is 2. The summed E-state index contributed by atoms with van der Waals surface area (Å²) in [5.41, 5.74) is 8.17. The van der Waals surface area contributed by atoms with Crippen LogP contribution in [0.4, 0.5) is 0 Å². The third-order valence-corrected chi connectivity index (χ3v) is 5.28. The molecule has 0 bridgehead atoms. The third kappa shape index (κ3) is 4.89. The molecular weight excluding hydrogens is 354 g/mol. The number of thioether (sulfide) groups is 1. The minimum atomic E-state index is -0.118. The normalized spacial score (nSPS) is 11.1. The molecule has 1 N–H and O–H groups in total. The molecule has 1 amide bonds. The summed E-state index contributed by atoms with van der Waals surface area (Å²) in [6.07, 6.45) is 1.71. The molecule has 0 aliphatic carbocycles. The van der Waals surface area contributed by atoms with Gasteiger partial charge in [-0.15, -0.1) is 11.8 Å². The molecule has 0 radical (unpaired) electrons. The van der Waals surface area contributed by atoms with Crippen LogP contribution in [0.15, 0.2) is 70.7 Å². The van der Waals surface area contributed by atoms with Gasteiger partial charge in [0.1, 0.15) is 0 Å². The predicted octanol–water partition coefficient (Wildman–Crippen LogP) is 4.64. The lowest BCUT2D eigenvalue weighted by atomic mass is 10.2. The van der Waals surface area contributed by atoms with Gasteiger partial charge in [0.05, 0.1) is 12.0 Å². The first-order valence-corrected chi connectivity index (χ1v) is 9.79.